The molecule has 32 heavy (non-hydrogen) atoms. The Labute approximate surface area is 202 Å². The van der Waals surface area contributed by atoms with Crippen molar-refractivity contribution in [3.63, 3.8) is 0 Å². The number of nitrogens with zero attached hydrogens (tertiary/aromatic N) is 2. The van der Waals surface area contributed by atoms with Crippen molar-refractivity contribution in [3.05, 3.63) is 82.8 Å². The number of hydrogen-bond acceptors (Lipinski definition) is 7. The number of aryl methyl sites for hydroxylation is 1. The maximum absolute atomic E-state index is 12.2. The van der Waals surface area contributed by atoms with E-state index in [1.54, 1.807) is 0 Å². The van der Waals surface area contributed by atoms with Crippen molar-refractivity contribution in [1.82, 2.24) is 10.2 Å². The van der Waals surface area contributed by atoms with Crippen LogP contribution in [0.4, 0.5) is 16.5 Å². The number of carbonyl (C=O) groups is 1. The van der Waals surface area contributed by atoms with Gasteiger partial charge in [-0.25, -0.2) is 0 Å². The molecule has 0 saturated carbocycles. The third-order valence-corrected chi connectivity index (χ3v) is 7.12. The molecule has 0 aliphatic rings. The Bertz CT molecular complexity index is 1200. The Morgan fingerprint density at radius 3 is 2.47 bits per heavy atom. The van der Waals surface area contributed by atoms with Gasteiger partial charge in [0.1, 0.15) is 11.5 Å². The minimum absolute atomic E-state index is 0.0876. The molecule has 0 aliphatic carbocycles. The largest absolute Gasteiger partial charge is 0.457 e. The Balaban J connectivity index is 1.27. The highest BCUT2D eigenvalue weighted by atomic mass is 79.9. The van der Waals surface area contributed by atoms with Crippen LogP contribution in [0.2, 0.25) is 0 Å². The van der Waals surface area contributed by atoms with E-state index in [-0.39, 0.29) is 11.7 Å². The lowest BCUT2D eigenvalue weighted by atomic mass is 10.2. The van der Waals surface area contributed by atoms with E-state index in [0.717, 1.165) is 37.2 Å². The summed E-state index contributed by atoms with van der Waals surface area (Å²) in [6, 6.07) is 23.0. The van der Waals surface area contributed by atoms with Gasteiger partial charge in [0.25, 0.3) is 0 Å². The second-order valence-corrected chi connectivity index (χ2v) is 9.79. The molecule has 2 N–H and O–H groups in total. The number of ether oxygens (including phenoxy) is 1. The number of nitrogens with one attached hydrogen (secondary N) is 2. The maximum Gasteiger partial charge on any atom is 0.234 e. The number of carbonyl (C=O) groups excluding carboxylic acids is 1. The van der Waals surface area contributed by atoms with Crippen LogP contribution in [-0.4, -0.2) is 21.9 Å². The number of aromatic nitrogens is 2. The second-order valence-electron chi connectivity index (χ2n) is 6.74. The van der Waals surface area contributed by atoms with E-state index in [2.05, 4.69) is 36.8 Å². The highest BCUT2D eigenvalue weighted by Gasteiger charge is 2.10. The number of para-hydroxylation sites is 1. The van der Waals surface area contributed by atoms with E-state index in [4.69, 9.17) is 4.74 Å². The van der Waals surface area contributed by atoms with Crippen molar-refractivity contribution in [2.75, 3.05) is 16.4 Å². The molecule has 162 valence electrons. The van der Waals surface area contributed by atoms with Crippen molar-refractivity contribution in [1.29, 1.82) is 0 Å². The molecule has 9 heteroatoms. The van der Waals surface area contributed by atoms with Crippen LogP contribution < -0.4 is 15.4 Å². The zero-order chi connectivity index (χ0) is 22.3. The number of halogens is 1. The number of hydrogen-bond donors (Lipinski definition) is 2. The summed E-state index contributed by atoms with van der Waals surface area (Å²) in [5, 5.41) is 15.1. The molecule has 0 atom stereocenters. The summed E-state index contributed by atoms with van der Waals surface area (Å²) in [4.78, 5) is 12.2. The number of amides is 1. The predicted molar refractivity (Wildman–Crippen MR) is 134 cm³/mol. The zero-order valence-corrected chi connectivity index (χ0v) is 20.3. The molecule has 0 radical (unpaired) electrons. The normalized spacial score (nSPS) is 10.6. The lowest BCUT2D eigenvalue weighted by Crippen LogP contribution is -2.14. The molecule has 1 aromatic heterocycles. The van der Waals surface area contributed by atoms with Crippen LogP contribution in [0.1, 0.15) is 5.56 Å². The first-order valence-corrected chi connectivity index (χ1v) is 12.3. The summed E-state index contributed by atoms with van der Waals surface area (Å²) in [5.74, 6) is 1.71. The van der Waals surface area contributed by atoms with E-state index in [1.165, 1.54) is 23.1 Å². The Kier molecular flexibility index (Phi) is 7.41. The molecule has 0 saturated heterocycles. The molecule has 0 unspecified atom stereocenters. The van der Waals surface area contributed by atoms with Gasteiger partial charge in [-0.05, 0) is 67.1 Å². The van der Waals surface area contributed by atoms with Gasteiger partial charge in [-0.3, -0.25) is 4.79 Å². The van der Waals surface area contributed by atoms with Crippen molar-refractivity contribution in [3.8, 4) is 11.5 Å². The summed E-state index contributed by atoms with van der Waals surface area (Å²) in [6.07, 6.45) is 0. The Morgan fingerprint density at radius 2 is 1.72 bits per heavy atom. The average molecular weight is 527 g/mol. The van der Waals surface area contributed by atoms with Gasteiger partial charge >= 0.3 is 0 Å². The fourth-order valence-electron chi connectivity index (χ4n) is 2.72. The molecule has 0 spiro atoms. The molecule has 6 nitrogen and oxygen atoms in total. The van der Waals surface area contributed by atoms with Gasteiger partial charge in [-0.2, -0.15) is 0 Å². The van der Waals surface area contributed by atoms with Crippen LogP contribution in [0.25, 0.3) is 0 Å². The molecule has 1 heterocycles. The lowest BCUT2D eigenvalue weighted by Gasteiger charge is -2.07. The quantitative estimate of drug-likeness (QED) is 0.244. The summed E-state index contributed by atoms with van der Waals surface area (Å²) in [6.45, 7) is 1.98. The van der Waals surface area contributed by atoms with Crippen molar-refractivity contribution in [2.45, 2.75) is 11.3 Å². The molecule has 1 amide bonds. The van der Waals surface area contributed by atoms with Crippen molar-refractivity contribution < 1.29 is 9.53 Å². The zero-order valence-electron chi connectivity index (χ0n) is 17.0. The van der Waals surface area contributed by atoms with Crippen molar-refractivity contribution in [2.24, 2.45) is 0 Å². The van der Waals surface area contributed by atoms with E-state index in [9.17, 15) is 4.79 Å². The summed E-state index contributed by atoms with van der Waals surface area (Å²) < 4.78 is 7.53. The highest BCUT2D eigenvalue weighted by Crippen LogP contribution is 2.29. The van der Waals surface area contributed by atoms with Gasteiger partial charge in [-0.1, -0.05) is 57.2 Å². The monoisotopic (exact) mass is 526 g/mol. The topological polar surface area (TPSA) is 76.1 Å². The van der Waals surface area contributed by atoms with Gasteiger partial charge in [0.05, 0.1) is 5.75 Å². The molecule has 4 aromatic rings. The average Bonchev–Trinajstić information content (AvgIpc) is 3.24. The molecular weight excluding hydrogens is 508 g/mol. The van der Waals surface area contributed by atoms with E-state index >= 15 is 0 Å². The first-order valence-electron chi connectivity index (χ1n) is 9.67. The fourth-order valence-corrected chi connectivity index (χ4v) is 4.54. The third kappa shape index (κ3) is 6.32. The van der Waals surface area contributed by atoms with Gasteiger partial charge in [0.2, 0.25) is 11.0 Å². The lowest BCUT2D eigenvalue weighted by molar-refractivity contribution is -0.113. The van der Waals surface area contributed by atoms with Crippen LogP contribution in [0, 0.1) is 6.92 Å². The van der Waals surface area contributed by atoms with E-state index in [0.29, 0.717) is 5.13 Å². The molecular formula is C23H19BrN4O2S2. The first kappa shape index (κ1) is 22.3. The number of benzene rings is 3. The summed E-state index contributed by atoms with van der Waals surface area (Å²) in [5.41, 5.74) is 2.71. The van der Waals surface area contributed by atoms with Crippen LogP contribution in [0.15, 0.2) is 81.6 Å². The predicted octanol–water partition coefficient (Wildman–Crippen LogP) is 6.88. The first-order chi connectivity index (χ1) is 15.5. The maximum atomic E-state index is 12.2. The van der Waals surface area contributed by atoms with Gasteiger partial charge in [0, 0.05) is 15.8 Å². The molecule has 3 aromatic carbocycles. The molecule has 0 fully saturated rings. The minimum Gasteiger partial charge on any atom is -0.457 e. The summed E-state index contributed by atoms with van der Waals surface area (Å²) in [7, 11) is 0. The number of rotatable bonds is 8. The smallest absolute Gasteiger partial charge is 0.234 e. The molecule has 0 bridgehead atoms. The Morgan fingerprint density at radius 1 is 1.00 bits per heavy atom. The standard InChI is InChI=1S/C23H19BrN4O2S2/c1-15-13-17(9-12-20(15)24)25-21(29)14-31-23-28-27-22(32-23)26-16-7-10-19(11-8-16)30-18-5-3-2-4-6-18/h2-13H,14H2,1H3,(H,25,29)(H,26,27). The third-order valence-electron chi connectivity index (χ3n) is 4.26. The highest BCUT2D eigenvalue weighted by molar-refractivity contribution is 9.10. The molecule has 4 rings (SSSR count). The van der Waals surface area contributed by atoms with Crippen LogP contribution in [-0.2, 0) is 4.79 Å². The summed E-state index contributed by atoms with van der Waals surface area (Å²) >= 11 is 6.21. The van der Waals surface area contributed by atoms with Crippen LogP contribution in [0.5, 0.6) is 11.5 Å². The van der Waals surface area contributed by atoms with Crippen LogP contribution in [0.3, 0.4) is 0 Å². The number of anilines is 3. The van der Waals surface area contributed by atoms with E-state index < -0.39 is 0 Å². The van der Waals surface area contributed by atoms with Crippen molar-refractivity contribution >= 4 is 61.4 Å². The van der Waals surface area contributed by atoms with Gasteiger partial charge in [0.15, 0.2) is 4.34 Å². The fraction of sp³-hybridized carbons (Fsp3) is 0.0870. The van der Waals surface area contributed by atoms with E-state index in [1.807, 2.05) is 79.7 Å². The SMILES string of the molecule is Cc1cc(NC(=O)CSc2nnc(Nc3ccc(Oc4ccccc4)cc3)s2)ccc1Br. The molecule has 0 aliphatic heterocycles. The Hall–Kier alpha value is -2.88. The number of thioether (sulfide) groups is 1. The minimum atomic E-state index is -0.0876. The van der Waals surface area contributed by atoms with Gasteiger partial charge in [-0.15, -0.1) is 10.2 Å². The van der Waals surface area contributed by atoms with Gasteiger partial charge < -0.3 is 15.4 Å². The second kappa shape index (κ2) is 10.6. The van der Waals surface area contributed by atoms with Crippen LogP contribution >= 0.6 is 39.0 Å².